The van der Waals surface area contributed by atoms with Crippen molar-refractivity contribution in [3.8, 4) is 0 Å². The molecule has 2 rings (SSSR count). The van der Waals surface area contributed by atoms with Crippen molar-refractivity contribution in [2.75, 3.05) is 5.32 Å². The molecule has 0 saturated carbocycles. The van der Waals surface area contributed by atoms with Gasteiger partial charge in [-0.3, -0.25) is 9.78 Å². The summed E-state index contributed by atoms with van der Waals surface area (Å²) in [7, 11) is 0. The molecular formula is C12H10N2O3S. The molecule has 92 valence electrons. The number of aromatic carboxylic acids is 1. The van der Waals surface area contributed by atoms with Crippen molar-refractivity contribution in [1.82, 2.24) is 4.98 Å². The number of carboxylic acids is 1. The molecule has 0 atom stereocenters. The first-order valence-corrected chi connectivity index (χ1v) is 5.94. The Kier molecular flexibility index (Phi) is 3.38. The van der Waals surface area contributed by atoms with Gasteiger partial charge < -0.3 is 10.4 Å². The normalized spacial score (nSPS) is 10.1. The molecule has 0 bridgehead atoms. The van der Waals surface area contributed by atoms with Crippen molar-refractivity contribution in [3.05, 3.63) is 46.6 Å². The lowest BCUT2D eigenvalue weighted by Gasteiger charge is -2.03. The third-order valence-corrected chi connectivity index (χ3v) is 3.20. The zero-order chi connectivity index (χ0) is 13.1. The van der Waals surface area contributed by atoms with Crippen LogP contribution in [0.15, 0.2) is 30.6 Å². The fraction of sp³-hybridized carbons (Fsp3) is 0.0833. The Balaban J connectivity index is 2.25. The Hall–Kier alpha value is -2.21. The van der Waals surface area contributed by atoms with Crippen LogP contribution in [0.4, 0.5) is 5.00 Å². The number of aryl methyl sites for hydroxylation is 1. The van der Waals surface area contributed by atoms with Gasteiger partial charge in [-0.1, -0.05) is 0 Å². The molecule has 18 heavy (non-hydrogen) atoms. The van der Waals surface area contributed by atoms with Crippen LogP contribution < -0.4 is 5.32 Å². The molecule has 0 aliphatic carbocycles. The third kappa shape index (κ3) is 2.54. The molecule has 0 aromatic carbocycles. The van der Waals surface area contributed by atoms with Gasteiger partial charge in [0, 0.05) is 17.3 Å². The molecule has 5 nitrogen and oxygen atoms in total. The van der Waals surface area contributed by atoms with Gasteiger partial charge in [-0.25, -0.2) is 4.79 Å². The predicted molar refractivity (Wildman–Crippen MR) is 68.2 cm³/mol. The van der Waals surface area contributed by atoms with Crippen LogP contribution >= 0.6 is 11.3 Å². The molecular weight excluding hydrogens is 252 g/mol. The molecule has 0 unspecified atom stereocenters. The first-order chi connectivity index (χ1) is 8.58. The Morgan fingerprint density at radius 3 is 2.83 bits per heavy atom. The molecule has 0 saturated heterocycles. The largest absolute Gasteiger partial charge is 0.478 e. The second-order valence-corrected chi connectivity index (χ2v) is 4.86. The Morgan fingerprint density at radius 1 is 1.44 bits per heavy atom. The van der Waals surface area contributed by atoms with Gasteiger partial charge in [-0.05, 0) is 25.1 Å². The molecule has 0 aliphatic heterocycles. The van der Waals surface area contributed by atoms with Crippen LogP contribution in [0.1, 0.15) is 25.6 Å². The lowest BCUT2D eigenvalue weighted by Crippen LogP contribution is -2.13. The number of hydrogen-bond donors (Lipinski definition) is 2. The number of amides is 1. The second kappa shape index (κ2) is 4.97. The number of nitrogens with one attached hydrogen (secondary N) is 1. The summed E-state index contributed by atoms with van der Waals surface area (Å²) in [6.07, 6.45) is 2.99. The first-order valence-electron chi connectivity index (χ1n) is 5.13. The average molecular weight is 262 g/mol. The number of carboxylic acid groups (broad SMARTS) is 1. The number of pyridine rings is 1. The fourth-order valence-corrected chi connectivity index (χ4v) is 2.34. The number of hydrogen-bond acceptors (Lipinski definition) is 4. The standard InChI is InChI=1S/C12H10N2O3S/c1-7-5-9(12(16)17)11(18-7)14-10(15)8-3-2-4-13-6-8/h2-6H,1H3,(H,14,15)(H,16,17). The summed E-state index contributed by atoms with van der Waals surface area (Å²) >= 11 is 1.23. The van der Waals surface area contributed by atoms with E-state index >= 15 is 0 Å². The maximum absolute atomic E-state index is 11.9. The molecule has 0 aliphatic rings. The summed E-state index contributed by atoms with van der Waals surface area (Å²) in [4.78, 5) is 27.5. The van der Waals surface area contributed by atoms with E-state index in [0.717, 1.165) is 4.88 Å². The van der Waals surface area contributed by atoms with Crippen LogP contribution in [0, 0.1) is 6.92 Å². The Bertz CT molecular complexity index is 593. The molecule has 0 fully saturated rings. The molecule has 2 heterocycles. The summed E-state index contributed by atoms with van der Waals surface area (Å²) in [5, 5.41) is 11.9. The van der Waals surface area contributed by atoms with Crippen molar-refractivity contribution in [2.45, 2.75) is 6.92 Å². The van der Waals surface area contributed by atoms with Crippen LogP contribution in [0.2, 0.25) is 0 Å². The van der Waals surface area contributed by atoms with E-state index in [9.17, 15) is 9.59 Å². The summed E-state index contributed by atoms with van der Waals surface area (Å²) in [5.41, 5.74) is 0.495. The molecule has 2 N–H and O–H groups in total. The van der Waals surface area contributed by atoms with Gasteiger partial charge in [-0.2, -0.15) is 0 Å². The van der Waals surface area contributed by atoms with Crippen molar-refractivity contribution < 1.29 is 14.7 Å². The lowest BCUT2D eigenvalue weighted by atomic mass is 10.2. The summed E-state index contributed by atoms with van der Waals surface area (Å²) < 4.78 is 0. The Morgan fingerprint density at radius 2 is 2.22 bits per heavy atom. The monoisotopic (exact) mass is 262 g/mol. The van der Waals surface area contributed by atoms with Crippen LogP contribution in [0.3, 0.4) is 0 Å². The minimum atomic E-state index is -1.05. The van der Waals surface area contributed by atoms with E-state index in [0.29, 0.717) is 10.6 Å². The molecule has 1 amide bonds. The van der Waals surface area contributed by atoms with Gasteiger partial charge in [0.2, 0.25) is 0 Å². The quantitative estimate of drug-likeness (QED) is 0.890. The van der Waals surface area contributed by atoms with Crippen LogP contribution in [0.5, 0.6) is 0 Å². The SMILES string of the molecule is Cc1cc(C(=O)O)c(NC(=O)c2cccnc2)s1. The van der Waals surface area contributed by atoms with E-state index in [4.69, 9.17) is 5.11 Å². The van der Waals surface area contributed by atoms with Gasteiger partial charge in [0.25, 0.3) is 5.91 Å². The smallest absolute Gasteiger partial charge is 0.338 e. The molecule has 2 aromatic rings. The second-order valence-electron chi connectivity index (χ2n) is 3.60. The highest BCUT2D eigenvalue weighted by Gasteiger charge is 2.16. The molecule has 2 aromatic heterocycles. The maximum atomic E-state index is 11.9. The topological polar surface area (TPSA) is 79.3 Å². The van der Waals surface area contributed by atoms with Crippen LogP contribution in [-0.2, 0) is 0 Å². The zero-order valence-corrected chi connectivity index (χ0v) is 10.3. The Labute approximate surface area is 107 Å². The van der Waals surface area contributed by atoms with Crippen molar-refractivity contribution in [3.63, 3.8) is 0 Å². The van der Waals surface area contributed by atoms with E-state index in [2.05, 4.69) is 10.3 Å². The van der Waals surface area contributed by atoms with E-state index in [1.807, 2.05) is 0 Å². The predicted octanol–water partition coefficient (Wildman–Crippen LogP) is 2.40. The van der Waals surface area contributed by atoms with Crippen molar-refractivity contribution in [1.29, 1.82) is 0 Å². The number of carbonyl (C=O) groups is 2. The number of anilines is 1. The van der Waals surface area contributed by atoms with Gasteiger partial charge in [0.05, 0.1) is 11.1 Å². The molecule has 0 spiro atoms. The van der Waals surface area contributed by atoms with Gasteiger partial charge in [0.15, 0.2) is 0 Å². The zero-order valence-electron chi connectivity index (χ0n) is 9.51. The fourth-order valence-electron chi connectivity index (χ4n) is 1.44. The van der Waals surface area contributed by atoms with Gasteiger partial charge >= 0.3 is 5.97 Å². The molecule has 6 heteroatoms. The average Bonchev–Trinajstić information content (AvgIpc) is 2.71. The van der Waals surface area contributed by atoms with E-state index < -0.39 is 5.97 Å². The minimum Gasteiger partial charge on any atom is -0.478 e. The number of aromatic nitrogens is 1. The number of nitrogens with zero attached hydrogens (tertiary/aromatic N) is 1. The van der Waals surface area contributed by atoms with E-state index in [1.54, 1.807) is 25.3 Å². The molecule has 0 radical (unpaired) electrons. The van der Waals surface area contributed by atoms with Crippen molar-refractivity contribution in [2.24, 2.45) is 0 Å². The number of thiophene rings is 1. The highest BCUT2D eigenvalue weighted by atomic mass is 32.1. The maximum Gasteiger partial charge on any atom is 0.338 e. The van der Waals surface area contributed by atoms with Crippen molar-refractivity contribution >= 4 is 28.2 Å². The first kappa shape index (κ1) is 12.3. The van der Waals surface area contributed by atoms with Crippen LogP contribution in [0.25, 0.3) is 0 Å². The number of rotatable bonds is 3. The number of carbonyl (C=O) groups excluding carboxylic acids is 1. The lowest BCUT2D eigenvalue weighted by molar-refractivity contribution is 0.0698. The van der Waals surface area contributed by atoms with Crippen LogP contribution in [-0.4, -0.2) is 22.0 Å². The van der Waals surface area contributed by atoms with Gasteiger partial charge in [0.1, 0.15) is 5.00 Å². The van der Waals surface area contributed by atoms with E-state index in [1.165, 1.54) is 23.6 Å². The summed E-state index contributed by atoms with van der Waals surface area (Å²) in [6.45, 7) is 1.79. The highest BCUT2D eigenvalue weighted by molar-refractivity contribution is 7.16. The summed E-state index contributed by atoms with van der Waals surface area (Å²) in [5.74, 6) is -1.42. The van der Waals surface area contributed by atoms with Gasteiger partial charge in [-0.15, -0.1) is 11.3 Å². The minimum absolute atomic E-state index is 0.106. The van der Waals surface area contributed by atoms with E-state index in [-0.39, 0.29) is 11.5 Å². The third-order valence-electron chi connectivity index (χ3n) is 2.24. The highest BCUT2D eigenvalue weighted by Crippen LogP contribution is 2.27. The summed E-state index contributed by atoms with van der Waals surface area (Å²) in [6, 6.07) is 4.79.